The maximum Gasteiger partial charge on any atom is 0.234 e. The summed E-state index contributed by atoms with van der Waals surface area (Å²) in [5.74, 6) is 0.399. The topological polar surface area (TPSA) is 64.3 Å². The van der Waals surface area contributed by atoms with E-state index in [2.05, 4.69) is 11.4 Å². The van der Waals surface area contributed by atoms with E-state index in [1.54, 1.807) is 24.9 Å². The van der Waals surface area contributed by atoms with E-state index in [-0.39, 0.29) is 46.9 Å². The first-order valence-electron chi connectivity index (χ1n) is 9.27. The molecule has 4 nitrogen and oxygen atoms in total. The average molecular weight is 376 g/mol. The zero-order valence-electron chi connectivity index (χ0n) is 14.9. The van der Waals surface area contributed by atoms with Crippen molar-refractivity contribution in [3.8, 4) is 0 Å². The summed E-state index contributed by atoms with van der Waals surface area (Å²) in [6.07, 6.45) is 4.50. The number of thioether (sulfide) groups is 1. The van der Waals surface area contributed by atoms with Crippen LogP contribution < -0.4 is 11.1 Å². The van der Waals surface area contributed by atoms with Gasteiger partial charge in [-0.05, 0) is 54.3 Å². The number of benzene rings is 1. The Hall–Kier alpha value is -1.37. The van der Waals surface area contributed by atoms with Crippen molar-refractivity contribution in [3.05, 3.63) is 46.6 Å². The standard InChI is InChI=1S/C20H25FN2O2S/c1-25-16-5-4-15-18(13-7-9-26-19(13)20(24)23-15)17(16)12-3-2-11(6-8-22)14(21)10-12/h2-3,7,9-10,13,15-19H,4-6,8,22H2,1H3,(H,23,24). The number of fused-ring (bicyclic) bond motifs is 3. The number of carbonyl (C=O) groups is 1. The largest absolute Gasteiger partial charge is 0.381 e. The molecule has 3 aliphatic rings. The van der Waals surface area contributed by atoms with Crippen LogP contribution in [0.15, 0.2) is 29.7 Å². The first-order valence-corrected chi connectivity index (χ1v) is 10.2. The van der Waals surface area contributed by atoms with Crippen molar-refractivity contribution < 1.29 is 13.9 Å². The summed E-state index contributed by atoms with van der Waals surface area (Å²) >= 11 is 1.59. The molecule has 2 aliphatic heterocycles. The van der Waals surface area contributed by atoms with Crippen molar-refractivity contribution in [2.75, 3.05) is 13.7 Å². The van der Waals surface area contributed by atoms with Gasteiger partial charge < -0.3 is 15.8 Å². The highest BCUT2D eigenvalue weighted by molar-refractivity contribution is 8.03. The number of amides is 1. The van der Waals surface area contributed by atoms with E-state index in [0.717, 1.165) is 18.4 Å². The number of methoxy groups -OCH3 is 1. The summed E-state index contributed by atoms with van der Waals surface area (Å²) in [7, 11) is 1.73. The average Bonchev–Trinajstić information content (AvgIpc) is 3.13. The second kappa shape index (κ2) is 7.33. The molecule has 1 saturated carbocycles. The lowest BCUT2D eigenvalue weighted by atomic mass is 9.63. The minimum atomic E-state index is -0.197. The molecule has 0 bridgehead atoms. The number of nitrogens with two attached hydrogens (primary N) is 1. The monoisotopic (exact) mass is 376 g/mol. The first-order chi connectivity index (χ1) is 12.6. The number of rotatable bonds is 4. The molecule has 1 aliphatic carbocycles. The van der Waals surface area contributed by atoms with Crippen LogP contribution in [0.4, 0.5) is 4.39 Å². The van der Waals surface area contributed by atoms with Crippen molar-refractivity contribution in [3.63, 3.8) is 0 Å². The Morgan fingerprint density at radius 1 is 1.38 bits per heavy atom. The van der Waals surface area contributed by atoms with Gasteiger partial charge in [0.05, 0.1) is 11.4 Å². The minimum absolute atomic E-state index is 0.0330. The second-order valence-electron chi connectivity index (χ2n) is 7.42. The quantitative estimate of drug-likeness (QED) is 0.848. The Bertz CT molecular complexity index is 726. The van der Waals surface area contributed by atoms with Gasteiger partial charge in [0.2, 0.25) is 5.91 Å². The van der Waals surface area contributed by atoms with Gasteiger partial charge >= 0.3 is 0 Å². The predicted octanol–water partition coefficient (Wildman–Crippen LogP) is 2.58. The van der Waals surface area contributed by atoms with Crippen LogP contribution in [-0.4, -0.2) is 37.0 Å². The Morgan fingerprint density at radius 3 is 2.96 bits per heavy atom. The number of carbonyl (C=O) groups excluding carboxylic acids is 1. The van der Waals surface area contributed by atoms with E-state index in [1.165, 1.54) is 0 Å². The molecule has 1 aromatic rings. The molecule has 6 atom stereocenters. The third-order valence-corrected chi connectivity index (χ3v) is 7.26. The van der Waals surface area contributed by atoms with Gasteiger partial charge in [-0.1, -0.05) is 18.2 Å². The normalized spacial score (nSPS) is 35.7. The Labute approximate surface area is 157 Å². The number of halogens is 1. The van der Waals surface area contributed by atoms with Gasteiger partial charge in [0.25, 0.3) is 0 Å². The summed E-state index contributed by atoms with van der Waals surface area (Å²) in [5, 5.41) is 5.18. The fraction of sp³-hybridized carbons (Fsp3) is 0.550. The van der Waals surface area contributed by atoms with Crippen LogP contribution in [0.5, 0.6) is 0 Å². The fourth-order valence-corrected chi connectivity index (χ4v) is 6.05. The molecular weight excluding hydrogens is 351 g/mol. The third-order valence-electron chi connectivity index (χ3n) is 6.13. The summed E-state index contributed by atoms with van der Waals surface area (Å²) in [6.45, 7) is 0.433. The molecule has 1 amide bonds. The zero-order chi connectivity index (χ0) is 18.3. The Kier molecular flexibility index (Phi) is 5.08. The van der Waals surface area contributed by atoms with E-state index in [1.807, 2.05) is 17.5 Å². The molecule has 0 spiro atoms. The smallest absolute Gasteiger partial charge is 0.234 e. The lowest BCUT2D eigenvalue weighted by Crippen LogP contribution is -2.59. The van der Waals surface area contributed by atoms with Crippen molar-refractivity contribution in [2.24, 2.45) is 17.6 Å². The van der Waals surface area contributed by atoms with Crippen LogP contribution in [0.3, 0.4) is 0 Å². The molecule has 6 unspecified atom stereocenters. The molecule has 0 aromatic heterocycles. The molecule has 26 heavy (non-hydrogen) atoms. The lowest BCUT2D eigenvalue weighted by molar-refractivity contribution is -0.127. The van der Waals surface area contributed by atoms with Crippen LogP contribution in [-0.2, 0) is 16.0 Å². The number of nitrogens with one attached hydrogen (secondary N) is 1. The number of allylic oxidation sites excluding steroid dienone is 1. The van der Waals surface area contributed by atoms with E-state index in [9.17, 15) is 9.18 Å². The summed E-state index contributed by atoms with van der Waals surface area (Å²) in [6, 6.07) is 5.65. The van der Waals surface area contributed by atoms with Gasteiger partial charge in [0.15, 0.2) is 0 Å². The van der Waals surface area contributed by atoms with Crippen molar-refractivity contribution in [1.82, 2.24) is 5.32 Å². The molecule has 2 heterocycles. The molecule has 2 fully saturated rings. The summed E-state index contributed by atoms with van der Waals surface area (Å²) in [4.78, 5) is 12.4. The van der Waals surface area contributed by atoms with Gasteiger partial charge in [0.1, 0.15) is 5.82 Å². The van der Waals surface area contributed by atoms with Crippen LogP contribution in [0.25, 0.3) is 0 Å². The van der Waals surface area contributed by atoms with Crippen LogP contribution >= 0.6 is 11.8 Å². The number of hydrogen-bond donors (Lipinski definition) is 2. The third kappa shape index (κ3) is 2.98. The highest BCUT2D eigenvalue weighted by Gasteiger charge is 2.52. The Balaban J connectivity index is 1.72. The van der Waals surface area contributed by atoms with E-state index in [4.69, 9.17) is 10.5 Å². The highest BCUT2D eigenvalue weighted by atomic mass is 32.2. The van der Waals surface area contributed by atoms with E-state index in [0.29, 0.717) is 18.5 Å². The SMILES string of the molecule is COC1CCC2NC(=O)C3SC=CC3C2C1c1ccc(CCN)c(F)c1. The van der Waals surface area contributed by atoms with E-state index >= 15 is 0 Å². The van der Waals surface area contributed by atoms with Crippen LogP contribution in [0.1, 0.15) is 29.9 Å². The number of ether oxygens (including phenoxy) is 1. The van der Waals surface area contributed by atoms with Crippen molar-refractivity contribution >= 4 is 17.7 Å². The molecular formula is C20H25FN2O2S. The van der Waals surface area contributed by atoms with Crippen molar-refractivity contribution in [2.45, 2.75) is 42.6 Å². The molecule has 3 N–H and O–H groups in total. The highest BCUT2D eigenvalue weighted by Crippen LogP contribution is 2.50. The number of piperidine rings is 1. The van der Waals surface area contributed by atoms with Gasteiger partial charge in [-0.15, -0.1) is 11.8 Å². The molecule has 6 heteroatoms. The van der Waals surface area contributed by atoms with Gasteiger partial charge in [-0.2, -0.15) is 0 Å². The van der Waals surface area contributed by atoms with Gasteiger partial charge in [-0.25, -0.2) is 4.39 Å². The minimum Gasteiger partial charge on any atom is -0.381 e. The summed E-state index contributed by atoms with van der Waals surface area (Å²) < 4.78 is 20.4. The van der Waals surface area contributed by atoms with Crippen molar-refractivity contribution in [1.29, 1.82) is 0 Å². The molecule has 1 saturated heterocycles. The van der Waals surface area contributed by atoms with Crippen LogP contribution in [0.2, 0.25) is 0 Å². The number of hydrogen-bond acceptors (Lipinski definition) is 4. The van der Waals surface area contributed by atoms with Gasteiger partial charge in [-0.3, -0.25) is 4.79 Å². The maximum absolute atomic E-state index is 14.6. The lowest BCUT2D eigenvalue weighted by Gasteiger charge is -2.49. The predicted molar refractivity (Wildman–Crippen MR) is 101 cm³/mol. The van der Waals surface area contributed by atoms with Gasteiger partial charge in [0, 0.05) is 25.0 Å². The van der Waals surface area contributed by atoms with E-state index < -0.39 is 0 Å². The zero-order valence-corrected chi connectivity index (χ0v) is 15.7. The second-order valence-corrected chi connectivity index (χ2v) is 8.47. The molecule has 140 valence electrons. The summed E-state index contributed by atoms with van der Waals surface area (Å²) in [5.41, 5.74) is 7.20. The maximum atomic E-state index is 14.6. The molecule has 4 rings (SSSR count). The van der Waals surface area contributed by atoms with Crippen LogP contribution in [0, 0.1) is 17.7 Å². The first kappa shape index (κ1) is 18.0. The Morgan fingerprint density at radius 2 is 2.23 bits per heavy atom. The fourth-order valence-electron chi connectivity index (χ4n) is 4.96. The molecule has 0 radical (unpaired) electrons. The molecule has 1 aromatic carbocycles.